The first-order valence-corrected chi connectivity index (χ1v) is 4.09. The summed E-state index contributed by atoms with van der Waals surface area (Å²) in [4.78, 5) is 2.45. The maximum atomic E-state index is 2.45. The number of hydrogen-bond acceptors (Lipinski definition) is 1. The fourth-order valence-corrected chi connectivity index (χ4v) is 2.10. The predicted octanol–water partition coefficient (Wildman–Crippen LogP) is 2.13. The monoisotopic (exact) mass is 141 g/mol. The van der Waals surface area contributed by atoms with Crippen LogP contribution in [0.3, 0.4) is 0 Å². The summed E-state index contributed by atoms with van der Waals surface area (Å²) >= 11 is 0. The molecule has 1 heterocycles. The lowest BCUT2D eigenvalue weighted by molar-refractivity contribution is 0.385. The second-order valence-electron chi connectivity index (χ2n) is 4.42. The molecule has 0 aromatic carbocycles. The van der Waals surface area contributed by atoms with Gasteiger partial charge in [0.2, 0.25) is 0 Å². The van der Waals surface area contributed by atoms with Crippen LogP contribution < -0.4 is 0 Å². The molecule has 1 rings (SSSR count). The van der Waals surface area contributed by atoms with Crippen molar-refractivity contribution in [1.29, 1.82) is 0 Å². The van der Waals surface area contributed by atoms with Crippen LogP contribution in [0.1, 0.15) is 34.6 Å². The third-order valence-electron chi connectivity index (χ3n) is 3.85. The van der Waals surface area contributed by atoms with Crippen LogP contribution in [-0.2, 0) is 0 Å². The van der Waals surface area contributed by atoms with Gasteiger partial charge in [0.05, 0.1) is 0 Å². The van der Waals surface area contributed by atoms with Crippen LogP contribution in [0.4, 0.5) is 0 Å². The fraction of sp³-hybridized carbons (Fsp3) is 1.00. The zero-order chi connectivity index (χ0) is 8.15. The van der Waals surface area contributed by atoms with Crippen molar-refractivity contribution in [2.24, 2.45) is 5.92 Å². The van der Waals surface area contributed by atoms with Gasteiger partial charge >= 0.3 is 0 Å². The molecular formula is C9H19N. The predicted molar refractivity (Wildman–Crippen MR) is 45.1 cm³/mol. The fourth-order valence-electron chi connectivity index (χ4n) is 2.10. The number of nitrogens with zero attached hydrogens (tertiary/aromatic N) is 1. The molecule has 0 amide bonds. The van der Waals surface area contributed by atoms with E-state index in [9.17, 15) is 0 Å². The van der Waals surface area contributed by atoms with E-state index in [1.54, 1.807) is 0 Å². The molecule has 0 saturated carbocycles. The van der Waals surface area contributed by atoms with E-state index in [-0.39, 0.29) is 0 Å². The van der Waals surface area contributed by atoms with Gasteiger partial charge in [-0.05, 0) is 33.7 Å². The van der Waals surface area contributed by atoms with Crippen molar-refractivity contribution < 1.29 is 0 Å². The molecule has 1 aliphatic heterocycles. The summed E-state index contributed by atoms with van der Waals surface area (Å²) in [6.45, 7) is 11.6. The Bertz CT molecular complexity index is 149. The molecule has 1 fully saturated rings. The van der Waals surface area contributed by atoms with Crippen molar-refractivity contribution in [1.82, 2.24) is 4.90 Å². The summed E-state index contributed by atoms with van der Waals surface area (Å²) in [5.74, 6) is 0.757. The normalized spacial score (nSPS) is 44.1. The van der Waals surface area contributed by atoms with Gasteiger partial charge in [0.15, 0.2) is 0 Å². The topological polar surface area (TPSA) is 3.01 Å². The van der Waals surface area contributed by atoms with Crippen LogP contribution in [0, 0.1) is 5.92 Å². The zero-order valence-electron chi connectivity index (χ0n) is 8.02. The maximum absolute atomic E-state index is 2.45. The SMILES string of the molecule is CC(C)C1(C)N(C)C1(C)C. The molecule has 2 unspecified atom stereocenters. The van der Waals surface area contributed by atoms with Gasteiger partial charge < -0.3 is 0 Å². The van der Waals surface area contributed by atoms with Gasteiger partial charge in [-0.3, -0.25) is 4.90 Å². The van der Waals surface area contributed by atoms with E-state index in [0.717, 1.165) is 5.92 Å². The molecule has 0 spiro atoms. The summed E-state index contributed by atoms with van der Waals surface area (Å²) < 4.78 is 0. The molecule has 10 heavy (non-hydrogen) atoms. The van der Waals surface area contributed by atoms with Crippen LogP contribution in [0.25, 0.3) is 0 Å². The third kappa shape index (κ3) is 0.619. The van der Waals surface area contributed by atoms with Crippen molar-refractivity contribution in [3.05, 3.63) is 0 Å². The van der Waals surface area contributed by atoms with E-state index >= 15 is 0 Å². The molecule has 0 radical (unpaired) electrons. The lowest BCUT2D eigenvalue weighted by Crippen LogP contribution is -2.23. The minimum Gasteiger partial charge on any atom is -0.292 e. The Balaban J connectivity index is 2.78. The minimum atomic E-state index is 0.418. The van der Waals surface area contributed by atoms with Crippen molar-refractivity contribution in [2.75, 3.05) is 7.05 Å². The average molecular weight is 141 g/mol. The van der Waals surface area contributed by atoms with Crippen molar-refractivity contribution in [3.63, 3.8) is 0 Å². The average Bonchev–Trinajstić information content (AvgIpc) is 2.16. The largest absolute Gasteiger partial charge is 0.292 e. The number of rotatable bonds is 1. The highest BCUT2D eigenvalue weighted by Crippen LogP contribution is 2.53. The standard InChI is InChI=1S/C9H19N/c1-7(2)9(5)8(3,4)10(9)6/h7H,1-6H3. The Morgan fingerprint density at radius 2 is 1.40 bits per heavy atom. The molecule has 0 aromatic heterocycles. The Labute approximate surface area is 64.4 Å². The Morgan fingerprint density at radius 3 is 1.40 bits per heavy atom. The van der Waals surface area contributed by atoms with Crippen LogP contribution >= 0.6 is 0 Å². The number of likely N-dealkylation sites (N-methyl/N-ethyl adjacent to an activating group) is 1. The Hall–Kier alpha value is -0.0400. The summed E-state index contributed by atoms with van der Waals surface area (Å²) in [6, 6.07) is 0. The highest BCUT2D eigenvalue weighted by atomic mass is 15.4. The highest BCUT2D eigenvalue weighted by molar-refractivity contribution is 5.21. The summed E-state index contributed by atoms with van der Waals surface area (Å²) in [5.41, 5.74) is 0.855. The van der Waals surface area contributed by atoms with Crippen molar-refractivity contribution >= 4 is 0 Å². The summed E-state index contributed by atoms with van der Waals surface area (Å²) in [5, 5.41) is 0. The Kier molecular flexibility index (Phi) is 1.42. The van der Waals surface area contributed by atoms with Crippen LogP contribution in [-0.4, -0.2) is 23.0 Å². The van der Waals surface area contributed by atoms with Gasteiger partial charge in [-0.15, -0.1) is 0 Å². The first-order chi connectivity index (χ1) is 4.35. The van der Waals surface area contributed by atoms with Crippen molar-refractivity contribution in [3.8, 4) is 0 Å². The third-order valence-corrected chi connectivity index (χ3v) is 3.85. The molecule has 1 heteroatoms. The Morgan fingerprint density at radius 1 is 1.10 bits per heavy atom. The lowest BCUT2D eigenvalue weighted by atomic mass is 9.87. The summed E-state index contributed by atoms with van der Waals surface area (Å²) in [6.07, 6.45) is 0. The van der Waals surface area contributed by atoms with Gasteiger partial charge in [0, 0.05) is 11.1 Å². The molecule has 1 saturated heterocycles. The maximum Gasteiger partial charge on any atom is 0.0385 e. The molecule has 0 aromatic rings. The van der Waals surface area contributed by atoms with E-state index in [0.29, 0.717) is 11.1 Å². The van der Waals surface area contributed by atoms with Gasteiger partial charge in [-0.2, -0.15) is 0 Å². The molecule has 1 aliphatic rings. The van der Waals surface area contributed by atoms with Crippen LogP contribution in [0.15, 0.2) is 0 Å². The molecule has 1 nitrogen and oxygen atoms in total. The van der Waals surface area contributed by atoms with Gasteiger partial charge in [-0.25, -0.2) is 0 Å². The van der Waals surface area contributed by atoms with Gasteiger partial charge in [0.1, 0.15) is 0 Å². The van der Waals surface area contributed by atoms with E-state index in [4.69, 9.17) is 0 Å². The highest BCUT2D eigenvalue weighted by Gasteiger charge is 2.64. The van der Waals surface area contributed by atoms with Crippen LogP contribution in [0.2, 0.25) is 0 Å². The van der Waals surface area contributed by atoms with E-state index in [1.807, 2.05) is 0 Å². The first kappa shape index (κ1) is 8.06. The summed E-state index contributed by atoms with van der Waals surface area (Å²) in [7, 11) is 2.21. The quantitative estimate of drug-likeness (QED) is 0.505. The van der Waals surface area contributed by atoms with Gasteiger partial charge in [-0.1, -0.05) is 13.8 Å². The molecule has 0 N–H and O–H groups in total. The van der Waals surface area contributed by atoms with E-state index in [1.165, 1.54) is 0 Å². The molecule has 0 bridgehead atoms. The lowest BCUT2D eigenvalue weighted by Gasteiger charge is -2.15. The second-order valence-corrected chi connectivity index (χ2v) is 4.42. The zero-order valence-corrected chi connectivity index (χ0v) is 8.02. The van der Waals surface area contributed by atoms with E-state index in [2.05, 4.69) is 46.6 Å². The van der Waals surface area contributed by atoms with Crippen LogP contribution in [0.5, 0.6) is 0 Å². The minimum absolute atomic E-state index is 0.418. The molecular weight excluding hydrogens is 122 g/mol. The second kappa shape index (κ2) is 1.76. The van der Waals surface area contributed by atoms with Gasteiger partial charge in [0.25, 0.3) is 0 Å². The van der Waals surface area contributed by atoms with E-state index < -0.39 is 0 Å². The molecule has 0 aliphatic carbocycles. The van der Waals surface area contributed by atoms with Crippen molar-refractivity contribution in [2.45, 2.75) is 45.7 Å². The number of hydrogen-bond donors (Lipinski definition) is 0. The first-order valence-electron chi connectivity index (χ1n) is 4.09. The smallest absolute Gasteiger partial charge is 0.0385 e. The molecule has 60 valence electrons. The molecule has 2 atom stereocenters.